The number of nitrogens with zero attached hydrogens (tertiary/aromatic N) is 1. The second kappa shape index (κ2) is 5.42. The van der Waals surface area contributed by atoms with Gasteiger partial charge in [0.2, 0.25) is 5.79 Å². The molecule has 8 heteroatoms. The van der Waals surface area contributed by atoms with Crippen molar-refractivity contribution in [3.05, 3.63) is 27.8 Å². The molecule has 0 amide bonds. The van der Waals surface area contributed by atoms with Crippen molar-refractivity contribution < 1.29 is 27.4 Å². The highest BCUT2D eigenvalue weighted by molar-refractivity contribution is 7.06. The molecule has 1 aliphatic rings. The molecule has 22 heavy (non-hydrogen) atoms. The van der Waals surface area contributed by atoms with Gasteiger partial charge in [0.05, 0.1) is 17.3 Å². The maximum atomic E-state index is 13.2. The van der Waals surface area contributed by atoms with E-state index in [1.165, 1.54) is 19.9 Å². The molecular formula is C14H14F3NO3S. The van der Waals surface area contributed by atoms with E-state index in [0.29, 0.717) is 11.5 Å². The molecular weight excluding hydrogens is 319 g/mol. The standard InChI is InChI=1S/C14H14F3NO3S/c1-7(2)5-8-11(12(22-18-8)14(15,16)17)9-6-10(19)21-13(3,4)20-9/h5-6H,1-4H3. The highest BCUT2D eigenvalue weighted by Crippen LogP contribution is 2.42. The smallest absolute Gasteiger partial charge is 0.427 e. The summed E-state index contributed by atoms with van der Waals surface area (Å²) in [6.07, 6.45) is -2.17. The van der Waals surface area contributed by atoms with Gasteiger partial charge in [0.15, 0.2) is 0 Å². The Bertz CT molecular complexity index is 667. The summed E-state index contributed by atoms with van der Waals surface area (Å²) in [6, 6.07) is 0. The first-order valence-electron chi connectivity index (χ1n) is 6.35. The molecule has 0 radical (unpaired) electrons. The molecule has 0 bridgehead atoms. The van der Waals surface area contributed by atoms with Crippen LogP contribution in [-0.2, 0) is 20.4 Å². The monoisotopic (exact) mass is 333 g/mol. The van der Waals surface area contributed by atoms with Crippen molar-refractivity contribution in [2.75, 3.05) is 0 Å². The van der Waals surface area contributed by atoms with Gasteiger partial charge in [-0.15, -0.1) is 0 Å². The van der Waals surface area contributed by atoms with Crippen LogP contribution in [0.4, 0.5) is 13.2 Å². The van der Waals surface area contributed by atoms with E-state index in [0.717, 1.165) is 11.6 Å². The van der Waals surface area contributed by atoms with Gasteiger partial charge in [0.1, 0.15) is 10.6 Å². The lowest BCUT2D eigenvalue weighted by Crippen LogP contribution is -2.34. The molecule has 0 spiro atoms. The lowest BCUT2D eigenvalue weighted by atomic mass is 10.1. The maximum absolute atomic E-state index is 13.2. The second-order valence-electron chi connectivity index (χ2n) is 5.42. The van der Waals surface area contributed by atoms with E-state index in [4.69, 9.17) is 9.47 Å². The fourth-order valence-corrected chi connectivity index (χ4v) is 2.66. The third kappa shape index (κ3) is 3.49. The summed E-state index contributed by atoms with van der Waals surface area (Å²) in [5.41, 5.74) is 0.663. The zero-order valence-corrected chi connectivity index (χ0v) is 13.2. The fourth-order valence-electron chi connectivity index (χ4n) is 1.92. The van der Waals surface area contributed by atoms with Crippen LogP contribution in [0.2, 0.25) is 0 Å². The van der Waals surface area contributed by atoms with Gasteiger partial charge in [-0.05, 0) is 31.5 Å². The van der Waals surface area contributed by atoms with Crippen LogP contribution in [0.1, 0.15) is 43.8 Å². The van der Waals surface area contributed by atoms with Crippen LogP contribution >= 0.6 is 11.5 Å². The van der Waals surface area contributed by atoms with Gasteiger partial charge in [0.25, 0.3) is 0 Å². The summed E-state index contributed by atoms with van der Waals surface area (Å²) < 4.78 is 53.7. The highest BCUT2D eigenvalue weighted by Gasteiger charge is 2.41. The lowest BCUT2D eigenvalue weighted by molar-refractivity contribution is -0.193. The molecule has 0 aliphatic carbocycles. The third-order valence-corrected chi connectivity index (χ3v) is 3.50. The van der Waals surface area contributed by atoms with E-state index in [-0.39, 0.29) is 17.0 Å². The number of esters is 1. The van der Waals surface area contributed by atoms with Gasteiger partial charge in [-0.2, -0.15) is 17.5 Å². The Kier molecular flexibility index (Phi) is 4.08. The van der Waals surface area contributed by atoms with Crippen molar-refractivity contribution in [1.82, 2.24) is 4.37 Å². The number of allylic oxidation sites excluding steroid dienone is 1. The Morgan fingerprint density at radius 3 is 2.45 bits per heavy atom. The Morgan fingerprint density at radius 1 is 1.32 bits per heavy atom. The number of hydrogen-bond donors (Lipinski definition) is 0. The van der Waals surface area contributed by atoms with E-state index in [1.807, 2.05) is 0 Å². The Labute approximate surface area is 129 Å². The molecule has 0 atom stereocenters. The minimum Gasteiger partial charge on any atom is -0.452 e. The first kappa shape index (κ1) is 16.5. The normalized spacial score (nSPS) is 17.4. The molecule has 2 rings (SSSR count). The van der Waals surface area contributed by atoms with Crippen molar-refractivity contribution in [3.8, 4) is 0 Å². The molecule has 1 aromatic heterocycles. The highest BCUT2D eigenvalue weighted by atomic mass is 32.1. The zero-order chi connectivity index (χ0) is 16.7. The Balaban J connectivity index is 2.64. The summed E-state index contributed by atoms with van der Waals surface area (Å²) in [5, 5.41) is 0. The molecule has 1 aromatic rings. The van der Waals surface area contributed by atoms with Crippen molar-refractivity contribution in [1.29, 1.82) is 0 Å². The van der Waals surface area contributed by atoms with E-state index < -0.39 is 22.8 Å². The minimum atomic E-state index is -4.59. The van der Waals surface area contributed by atoms with Gasteiger partial charge in [-0.25, -0.2) is 4.79 Å². The van der Waals surface area contributed by atoms with Gasteiger partial charge in [0, 0.05) is 13.8 Å². The molecule has 0 aromatic carbocycles. The van der Waals surface area contributed by atoms with Crippen LogP contribution in [0.5, 0.6) is 0 Å². The van der Waals surface area contributed by atoms with Gasteiger partial charge in [-0.1, -0.05) is 5.57 Å². The van der Waals surface area contributed by atoms with Crippen LogP contribution in [0.25, 0.3) is 11.8 Å². The number of hydrogen-bond acceptors (Lipinski definition) is 5. The molecule has 0 N–H and O–H groups in total. The van der Waals surface area contributed by atoms with Gasteiger partial charge >= 0.3 is 12.1 Å². The van der Waals surface area contributed by atoms with Crippen LogP contribution in [-0.4, -0.2) is 16.1 Å². The average Bonchev–Trinajstić information content (AvgIpc) is 2.68. The van der Waals surface area contributed by atoms with Crippen molar-refractivity contribution in [2.45, 2.75) is 39.7 Å². The summed E-state index contributed by atoms with van der Waals surface area (Å²) >= 11 is 0.328. The lowest BCUT2D eigenvalue weighted by Gasteiger charge is -2.30. The first-order chi connectivity index (χ1) is 9.99. The predicted octanol–water partition coefficient (Wildman–Crippen LogP) is 4.24. The number of halogens is 3. The van der Waals surface area contributed by atoms with Crippen LogP contribution in [0, 0.1) is 0 Å². The second-order valence-corrected chi connectivity index (χ2v) is 6.20. The maximum Gasteiger partial charge on any atom is 0.427 e. The SMILES string of the molecule is CC(C)=Cc1nsc(C(F)(F)F)c1C1=CC(=O)OC(C)(C)O1. The number of carbonyl (C=O) groups excluding carboxylic acids is 1. The van der Waals surface area contributed by atoms with E-state index >= 15 is 0 Å². The molecule has 0 unspecified atom stereocenters. The third-order valence-electron chi connectivity index (χ3n) is 2.60. The van der Waals surface area contributed by atoms with Crippen molar-refractivity contribution in [3.63, 3.8) is 0 Å². The molecule has 0 saturated carbocycles. The first-order valence-corrected chi connectivity index (χ1v) is 7.13. The largest absolute Gasteiger partial charge is 0.452 e. The number of alkyl halides is 3. The molecule has 120 valence electrons. The Hall–Kier alpha value is -1.83. The summed E-state index contributed by atoms with van der Waals surface area (Å²) in [4.78, 5) is 10.7. The number of cyclic esters (lactones) is 1. The summed E-state index contributed by atoms with van der Waals surface area (Å²) in [5.74, 6) is -2.28. The van der Waals surface area contributed by atoms with Gasteiger partial charge < -0.3 is 9.47 Å². The van der Waals surface area contributed by atoms with E-state index in [9.17, 15) is 18.0 Å². The number of carbonyl (C=O) groups is 1. The van der Waals surface area contributed by atoms with Crippen LogP contribution < -0.4 is 0 Å². The molecule has 1 aliphatic heterocycles. The molecule has 0 saturated heterocycles. The molecule has 2 heterocycles. The van der Waals surface area contributed by atoms with E-state index in [1.54, 1.807) is 13.8 Å². The zero-order valence-electron chi connectivity index (χ0n) is 12.4. The topological polar surface area (TPSA) is 48.4 Å². The van der Waals surface area contributed by atoms with E-state index in [2.05, 4.69) is 4.37 Å². The summed E-state index contributed by atoms with van der Waals surface area (Å²) in [6.45, 7) is 6.38. The Morgan fingerprint density at radius 2 is 1.95 bits per heavy atom. The van der Waals surface area contributed by atoms with Gasteiger partial charge in [-0.3, -0.25) is 0 Å². The quantitative estimate of drug-likeness (QED) is 0.760. The molecule has 0 fully saturated rings. The van der Waals surface area contributed by atoms with Crippen LogP contribution in [0.3, 0.4) is 0 Å². The van der Waals surface area contributed by atoms with Crippen LogP contribution in [0.15, 0.2) is 11.6 Å². The predicted molar refractivity (Wildman–Crippen MR) is 75.7 cm³/mol. The summed E-state index contributed by atoms with van der Waals surface area (Å²) in [7, 11) is 0. The number of aromatic nitrogens is 1. The van der Waals surface area contributed by atoms with Crippen molar-refractivity contribution >= 4 is 29.3 Å². The molecule has 4 nitrogen and oxygen atoms in total. The number of ether oxygens (including phenoxy) is 2. The fraction of sp³-hybridized carbons (Fsp3) is 0.429. The number of rotatable bonds is 2. The average molecular weight is 333 g/mol. The van der Waals surface area contributed by atoms with Crippen molar-refractivity contribution in [2.24, 2.45) is 0 Å². The minimum absolute atomic E-state index is 0.120.